The van der Waals surface area contributed by atoms with Gasteiger partial charge in [0.05, 0.1) is 16.7 Å². The molecular weight excluding hydrogens is 354 g/mol. The van der Waals surface area contributed by atoms with Crippen LogP contribution in [0.15, 0.2) is 42.5 Å². The number of carbonyl (C=O) groups is 1. The van der Waals surface area contributed by atoms with E-state index in [4.69, 9.17) is 9.84 Å². The lowest BCUT2D eigenvalue weighted by Gasteiger charge is -2.16. The lowest BCUT2D eigenvalue weighted by molar-refractivity contribution is -0.144. The molecule has 0 aliphatic carbocycles. The lowest BCUT2D eigenvalue weighted by atomic mass is 10.1. The smallest absolute Gasteiger partial charge is 0.419 e. The third-order valence-electron chi connectivity index (χ3n) is 3.18. The van der Waals surface area contributed by atoms with E-state index < -0.39 is 41.8 Å². The summed E-state index contributed by atoms with van der Waals surface area (Å²) < 4.78 is 81.7. The van der Waals surface area contributed by atoms with Crippen LogP contribution >= 0.6 is 0 Å². The topological polar surface area (TPSA) is 46.5 Å². The largest absolute Gasteiger partial charge is 0.488 e. The molecule has 0 saturated heterocycles. The van der Waals surface area contributed by atoms with E-state index in [1.54, 1.807) is 0 Å². The van der Waals surface area contributed by atoms with Crippen LogP contribution in [-0.4, -0.2) is 11.1 Å². The normalized spacial score (nSPS) is 12.1. The molecule has 3 nitrogen and oxygen atoms in total. The summed E-state index contributed by atoms with van der Waals surface area (Å²) in [6.07, 6.45) is -9.96. The summed E-state index contributed by atoms with van der Waals surface area (Å²) in [6, 6.07) is 6.32. The third kappa shape index (κ3) is 4.65. The summed E-state index contributed by atoms with van der Waals surface area (Å²) in [5.41, 5.74) is -2.84. The fourth-order valence-electron chi connectivity index (χ4n) is 2.01. The van der Waals surface area contributed by atoms with Gasteiger partial charge in [-0.1, -0.05) is 12.1 Å². The van der Waals surface area contributed by atoms with Crippen LogP contribution in [0.4, 0.5) is 26.3 Å². The van der Waals surface area contributed by atoms with Crippen LogP contribution in [0.2, 0.25) is 0 Å². The average molecular weight is 364 g/mol. The summed E-state index contributed by atoms with van der Waals surface area (Å²) in [5, 5.41) is 8.86. The van der Waals surface area contributed by atoms with E-state index in [-0.39, 0.29) is 17.2 Å². The summed E-state index contributed by atoms with van der Waals surface area (Å²) >= 11 is 0. The Labute approximate surface area is 137 Å². The fraction of sp³-hybridized carbons (Fsp3) is 0.188. The number of hydrogen-bond donors (Lipinski definition) is 1. The van der Waals surface area contributed by atoms with Crippen LogP contribution in [0, 0.1) is 0 Å². The second-order valence-electron chi connectivity index (χ2n) is 5.00. The number of carboxylic acid groups (broad SMARTS) is 1. The number of carboxylic acids is 1. The molecular formula is C16H10F6O3. The Morgan fingerprint density at radius 3 is 2.20 bits per heavy atom. The molecule has 0 aliphatic rings. The van der Waals surface area contributed by atoms with E-state index in [0.29, 0.717) is 12.1 Å². The highest BCUT2D eigenvalue weighted by Crippen LogP contribution is 2.40. The number of benzene rings is 2. The maximum atomic E-state index is 13.0. The highest BCUT2D eigenvalue weighted by molar-refractivity contribution is 5.87. The molecule has 0 bridgehead atoms. The van der Waals surface area contributed by atoms with Crippen LogP contribution in [0.5, 0.6) is 5.75 Å². The van der Waals surface area contributed by atoms with Crippen LogP contribution in [0.1, 0.15) is 27.0 Å². The predicted molar refractivity (Wildman–Crippen MR) is 74.2 cm³/mol. The molecule has 0 atom stereocenters. The van der Waals surface area contributed by atoms with Crippen molar-refractivity contribution in [1.29, 1.82) is 0 Å². The molecule has 134 valence electrons. The Hall–Kier alpha value is -2.71. The molecule has 2 aromatic carbocycles. The van der Waals surface area contributed by atoms with Crippen molar-refractivity contribution in [3.63, 3.8) is 0 Å². The molecule has 25 heavy (non-hydrogen) atoms. The van der Waals surface area contributed by atoms with Crippen molar-refractivity contribution >= 4 is 5.97 Å². The molecule has 0 fully saturated rings. The van der Waals surface area contributed by atoms with Gasteiger partial charge in [0.1, 0.15) is 12.4 Å². The minimum atomic E-state index is -5.04. The van der Waals surface area contributed by atoms with Gasteiger partial charge in [-0.25, -0.2) is 4.79 Å². The highest BCUT2D eigenvalue weighted by atomic mass is 19.4. The van der Waals surface area contributed by atoms with Crippen LogP contribution in [0.3, 0.4) is 0 Å². The van der Waals surface area contributed by atoms with Crippen molar-refractivity contribution in [1.82, 2.24) is 0 Å². The molecule has 0 spiro atoms. The molecule has 0 amide bonds. The van der Waals surface area contributed by atoms with Crippen molar-refractivity contribution in [3.05, 3.63) is 64.7 Å². The van der Waals surface area contributed by atoms with Gasteiger partial charge < -0.3 is 9.84 Å². The van der Waals surface area contributed by atoms with E-state index in [0.717, 1.165) is 0 Å². The van der Waals surface area contributed by atoms with E-state index >= 15 is 0 Å². The first kappa shape index (κ1) is 18.6. The van der Waals surface area contributed by atoms with Crippen molar-refractivity contribution in [2.24, 2.45) is 0 Å². The zero-order valence-electron chi connectivity index (χ0n) is 12.3. The quantitative estimate of drug-likeness (QED) is 0.777. The molecule has 0 aromatic heterocycles. The van der Waals surface area contributed by atoms with Gasteiger partial charge in [0.25, 0.3) is 0 Å². The number of alkyl halides is 6. The summed E-state index contributed by atoms with van der Waals surface area (Å²) in [6.45, 7) is -0.435. The predicted octanol–water partition coefficient (Wildman–Crippen LogP) is 5.00. The van der Waals surface area contributed by atoms with Crippen molar-refractivity contribution in [2.75, 3.05) is 0 Å². The van der Waals surface area contributed by atoms with Crippen LogP contribution < -0.4 is 4.74 Å². The number of rotatable bonds is 4. The zero-order valence-corrected chi connectivity index (χ0v) is 12.3. The van der Waals surface area contributed by atoms with E-state index in [9.17, 15) is 31.1 Å². The maximum absolute atomic E-state index is 13.0. The SMILES string of the molecule is O=C(O)c1cccc(COc2ccc(C(F)(F)F)cc2C(F)(F)F)c1. The van der Waals surface area contributed by atoms with Crippen molar-refractivity contribution in [2.45, 2.75) is 19.0 Å². The van der Waals surface area contributed by atoms with Gasteiger partial charge in [-0.2, -0.15) is 26.3 Å². The van der Waals surface area contributed by atoms with Gasteiger partial charge in [-0.05, 0) is 35.9 Å². The molecule has 0 saturated carbocycles. The molecule has 2 aromatic rings. The van der Waals surface area contributed by atoms with Crippen molar-refractivity contribution < 1.29 is 41.0 Å². The Morgan fingerprint density at radius 2 is 1.64 bits per heavy atom. The Balaban J connectivity index is 2.30. The van der Waals surface area contributed by atoms with Crippen LogP contribution in [0.25, 0.3) is 0 Å². The Bertz CT molecular complexity index is 780. The monoisotopic (exact) mass is 364 g/mol. The maximum Gasteiger partial charge on any atom is 0.419 e. The molecule has 0 radical (unpaired) electrons. The van der Waals surface area contributed by atoms with Gasteiger partial charge in [-0.15, -0.1) is 0 Å². The van der Waals surface area contributed by atoms with Crippen LogP contribution in [-0.2, 0) is 19.0 Å². The van der Waals surface area contributed by atoms with Gasteiger partial charge in [0, 0.05) is 0 Å². The third-order valence-corrected chi connectivity index (χ3v) is 3.18. The Kier molecular flexibility index (Phi) is 4.96. The highest BCUT2D eigenvalue weighted by Gasteiger charge is 2.38. The first-order chi connectivity index (χ1) is 11.5. The standard InChI is InChI=1S/C16H10F6O3/c17-15(18,19)11-4-5-13(12(7-11)16(20,21)22)25-8-9-2-1-3-10(6-9)14(23)24/h1-7H,8H2,(H,23,24). The van der Waals surface area contributed by atoms with Gasteiger partial charge >= 0.3 is 18.3 Å². The first-order valence-corrected chi connectivity index (χ1v) is 6.72. The van der Waals surface area contributed by atoms with Gasteiger partial charge in [0.15, 0.2) is 0 Å². The number of hydrogen-bond acceptors (Lipinski definition) is 2. The number of halogens is 6. The molecule has 1 N–H and O–H groups in total. The van der Waals surface area contributed by atoms with Crippen molar-refractivity contribution in [3.8, 4) is 5.75 Å². The summed E-state index contributed by atoms with van der Waals surface area (Å²) in [4.78, 5) is 10.8. The van der Waals surface area contributed by atoms with Gasteiger partial charge in [-0.3, -0.25) is 0 Å². The van der Waals surface area contributed by atoms with E-state index in [1.807, 2.05) is 0 Å². The van der Waals surface area contributed by atoms with Gasteiger partial charge in [0.2, 0.25) is 0 Å². The first-order valence-electron chi connectivity index (χ1n) is 6.72. The minimum absolute atomic E-state index is 0.0248. The summed E-state index contributed by atoms with van der Waals surface area (Å²) in [5.74, 6) is -2.01. The molecule has 9 heteroatoms. The molecule has 2 rings (SSSR count). The van der Waals surface area contributed by atoms with E-state index in [2.05, 4.69) is 0 Å². The number of ether oxygens (including phenoxy) is 1. The zero-order chi connectivity index (χ0) is 18.8. The fourth-order valence-corrected chi connectivity index (χ4v) is 2.01. The molecule has 0 aliphatic heterocycles. The summed E-state index contributed by atoms with van der Waals surface area (Å²) in [7, 11) is 0. The molecule has 0 heterocycles. The second kappa shape index (κ2) is 6.66. The second-order valence-corrected chi connectivity index (χ2v) is 5.00. The average Bonchev–Trinajstić information content (AvgIpc) is 2.51. The molecule has 0 unspecified atom stereocenters. The number of aromatic carboxylic acids is 1. The Morgan fingerprint density at radius 1 is 0.960 bits per heavy atom. The minimum Gasteiger partial charge on any atom is -0.488 e. The van der Waals surface area contributed by atoms with E-state index in [1.165, 1.54) is 24.3 Å². The lowest BCUT2D eigenvalue weighted by Crippen LogP contribution is -2.13.